The van der Waals surface area contributed by atoms with Crippen LogP contribution >= 0.6 is 0 Å². The lowest BCUT2D eigenvalue weighted by Crippen LogP contribution is -2.18. The van der Waals surface area contributed by atoms with Crippen molar-refractivity contribution in [1.29, 1.82) is 0 Å². The predicted octanol–water partition coefficient (Wildman–Crippen LogP) is 3.98. The molecule has 3 aromatic carbocycles. The van der Waals surface area contributed by atoms with Gasteiger partial charge in [0.15, 0.2) is 0 Å². The van der Waals surface area contributed by atoms with Crippen LogP contribution in [0.15, 0.2) is 83.8 Å². The van der Waals surface area contributed by atoms with Gasteiger partial charge < -0.3 is 10.4 Å². The number of sulfonamides is 1. The summed E-state index contributed by atoms with van der Waals surface area (Å²) in [6.45, 7) is 0. The Kier molecular flexibility index (Phi) is 6.46. The van der Waals surface area contributed by atoms with E-state index in [0.717, 1.165) is 6.08 Å². The van der Waals surface area contributed by atoms with E-state index in [2.05, 4.69) is 10.0 Å². The van der Waals surface area contributed by atoms with Gasteiger partial charge in [-0.15, -0.1) is 0 Å². The summed E-state index contributed by atoms with van der Waals surface area (Å²) in [5.41, 5.74) is 1.02. The molecule has 0 heterocycles. The first-order valence-electron chi connectivity index (χ1n) is 8.94. The number of halogens is 1. The maximum absolute atomic E-state index is 13.0. The van der Waals surface area contributed by atoms with Crippen LogP contribution in [0.3, 0.4) is 0 Å². The molecular weight excluding hydrogens is 423 g/mol. The zero-order valence-corrected chi connectivity index (χ0v) is 16.8. The van der Waals surface area contributed by atoms with Gasteiger partial charge in [-0.1, -0.05) is 24.3 Å². The van der Waals surface area contributed by atoms with Crippen LogP contribution in [0.25, 0.3) is 6.08 Å². The van der Waals surface area contributed by atoms with E-state index in [1.54, 1.807) is 12.1 Å². The number of rotatable bonds is 7. The number of carboxylic acid groups (broad SMARTS) is 1. The first-order chi connectivity index (χ1) is 14.7. The molecule has 0 saturated carbocycles. The maximum atomic E-state index is 13.0. The van der Waals surface area contributed by atoms with E-state index < -0.39 is 27.7 Å². The molecule has 0 unspecified atom stereocenters. The number of carboxylic acids is 1. The van der Waals surface area contributed by atoms with E-state index in [-0.39, 0.29) is 16.1 Å². The molecule has 0 aliphatic rings. The molecule has 0 aliphatic carbocycles. The monoisotopic (exact) mass is 440 g/mol. The average Bonchev–Trinajstić information content (AvgIpc) is 2.74. The Labute approximate surface area is 177 Å². The Morgan fingerprint density at radius 1 is 0.903 bits per heavy atom. The molecule has 0 aliphatic heterocycles. The van der Waals surface area contributed by atoms with E-state index in [4.69, 9.17) is 5.11 Å². The second-order valence-electron chi connectivity index (χ2n) is 6.35. The first-order valence-corrected chi connectivity index (χ1v) is 10.4. The third-order valence-corrected chi connectivity index (χ3v) is 5.51. The molecule has 158 valence electrons. The molecule has 0 fully saturated rings. The highest BCUT2D eigenvalue weighted by molar-refractivity contribution is 7.92. The van der Waals surface area contributed by atoms with Crippen molar-refractivity contribution < 1.29 is 27.5 Å². The summed E-state index contributed by atoms with van der Waals surface area (Å²) in [6, 6.07) is 16.8. The molecule has 9 heteroatoms. The first kappa shape index (κ1) is 21.7. The summed E-state index contributed by atoms with van der Waals surface area (Å²) >= 11 is 0. The van der Waals surface area contributed by atoms with Crippen LogP contribution in [-0.4, -0.2) is 25.4 Å². The van der Waals surface area contributed by atoms with Crippen LogP contribution in [0.5, 0.6) is 0 Å². The third-order valence-electron chi connectivity index (χ3n) is 4.13. The fourth-order valence-electron chi connectivity index (χ4n) is 2.63. The molecule has 0 aromatic heterocycles. The molecule has 1 amide bonds. The quantitative estimate of drug-likeness (QED) is 0.481. The smallest absolute Gasteiger partial charge is 0.328 e. The molecule has 0 saturated heterocycles. The van der Waals surface area contributed by atoms with Gasteiger partial charge in [-0.2, -0.15) is 0 Å². The molecule has 3 rings (SSSR count). The second-order valence-corrected chi connectivity index (χ2v) is 8.04. The molecule has 0 bridgehead atoms. The van der Waals surface area contributed by atoms with Crippen LogP contribution in [0.4, 0.5) is 15.8 Å². The average molecular weight is 440 g/mol. The lowest BCUT2D eigenvalue weighted by molar-refractivity contribution is -0.131. The summed E-state index contributed by atoms with van der Waals surface area (Å²) in [5.74, 6) is -2.14. The maximum Gasteiger partial charge on any atom is 0.328 e. The number of aliphatic carboxylic acids is 1. The fraction of sp³-hybridized carbons (Fsp3) is 0. The number of anilines is 2. The summed E-state index contributed by atoms with van der Waals surface area (Å²) in [7, 11) is -4.02. The molecule has 3 aromatic rings. The van der Waals surface area contributed by atoms with Crippen molar-refractivity contribution in [3.05, 3.63) is 95.8 Å². The van der Waals surface area contributed by atoms with E-state index in [1.807, 2.05) is 0 Å². The van der Waals surface area contributed by atoms with Gasteiger partial charge in [0.05, 0.1) is 16.1 Å². The van der Waals surface area contributed by atoms with Crippen molar-refractivity contribution in [2.75, 3.05) is 10.0 Å². The number of hydrogen-bond acceptors (Lipinski definition) is 4. The van der Waals surface area contributed by atoms with Gasteiger partial charge in [0.2, 0.25) is 0 Å². The van der Waals surface area contributed by atoms with E-state index in [0.29, 0.717) is 11.3 Å². The highest BCUT2D eigenvalue weighted by Gasteiger charge is 2.18. The number of nitrogens with one attached hydrogen (secondary N) is 2. The minimum absolute atomic E-state index is 0.0614. The summed E-state index contributed by atoms with van der Waals surface area (Å²) in [5, 5.41) is 11.2. The number of hydrogen-bond donors (Lipinski definition) is 3. The zero-order valence-electron chi connectivity index (χ0n) is 15.9. The Balaban J connectivity index is 1.81. The summed E-state index contributed by atoms with van der Waals surface area (Å²) < 4.78 is 40.9. The zero-order chi connectivity index (χ0) is 22.4. The van der Waals surface area contributed by atoms with Gasteiger partial charge in [0.1, 0.15) is 5.82 Å². The van der Waals surface area contributed by atoms with Crippen molar-refractivity contribution in [1.82, 2.24) is 0 Å². The lowest BCUT2D eigenvalue weighted by Gasteiger charge is -2.13. The van der Waals surface area contributed by atoms with Gasteiger partial charge in [-0.05, 0) is 60.2 Å². The molecule has 0 atom stereocenters. The molecular formula is C22H17FN2O5S. The minimum Gasteiger partial charge on any atom is -0.478 e. The lowest BCUT2D eigenvalue weighted by atomic mass is 10.1. The largest absolute Gasteiger partial charge is 0.478 e. The Morgan fingerprint density at radius 3 is 2.19 bits per heavy atom. The van der Waals surface area contributed by atoms with Gasteiger partial charge in [-0.3, -0.25) is 9.52 Å². The third kappa shape index (κ3) is 5.77. The van der Waals surface area contributed by atoms with Crippen molar-refractivity contribution in [3.8, 4) is 0 Å². The van der Waals surface area contributed by atoms with Gasteiger partial charge in [-0.25, -0.2) is 17.6 Å². The molecule has 0 spiro atoms. The van der Waals surface area contributed by atoms with Gasteiger partial charge in [0, 0.05) is 11.8 Å². The highest BCUT2D eigenvalue weighted by Crippen LogP contribution is 2.22. The van der Waals surface area contributed by atoms with Crippen molar-refractivity contribution in [2.24, 2.45) is 0 Å². The predicted molar refractivity (Wildman–Crippen MR) is 115 cm³/mol. The van der Waals surface area contributed by atoms with Crippen molar-refractivity contribution in [3.63, 3.8) is 0 Å². The standard InChI is InChI=1S/C22H17FN2O5S/c23-16-8-10-17(11-9-16)24-22(28)19-3-1-2-4-20(19)25-31(29,30)18-12-5-15(6-13-18)7-14-21(26)27/h1-14,25H,(H,24,28)(H,26,27)/b14-7+. The molecule has 3 N–H and O–H groups in total. The summed E-state index contributed by atoms with van der Waals surface area (Å²) in [4.78, 5) is 23.1. The summed E-state index contributed by atoms with van der Waals surface area (Å²) in [6.07, 6.45) is 2.28. The molecule has 31 heavy (non-hydrogen) atoms. The Hall–Kier alpha value is -3.98. The molecule has 7 nitrogen and oxygen atoms in total. The van der Waals surface area contributed by atoms with Crippen LogP contribution in [-0.2, 0) is 14.8 Å². The van der Waals surface area contributed by atoms with Gasteiger partial charge >= 0.3 is 5.97 Å². The van der Waals surface area contributed by atoms with Crippen LogP contribution in [0.1, 0.15) is 15.9 Å². The SMILES string of the molecule is O=C(O)/C=C/c1ccc(S(=O)(=O)Nc2ccccc2C(=O)Nc2ccc(F)cc2)cc1. The Morgan fingerprint density at radius 2 is 1.55 bits per heavy atom. The number of benzene rings is 3. The normalized spacial score (nSPS) is 11.3. The Bertz CT molecular complexity index is 1240. The minimum atomic E-state index is -4.02. The van der Waals surface area contributed by atoms with E-state index in [1.165, 1.54) is 66.7 Å². The number of carbonyl (C=O) groups is 2. The topological polar surface area (TPSA) is 113 Å². The van der Waals surface area contributed by atoms with Crippen molar-refractivity contribution in [2.45, 2.75) is 4.90 Å². The number of para-hydroxylation sites is 1. The van der Waals surface area contributed by atoms with Crippen molar-refractivity contribution >= 4 is 39.4 Å². The van der Waals surface area contributed by atoms with Crippen LogP contribution < -0.4 is 10.0 Å². The molecule has 0 radical (unpaired) electrons. The van der Waals surface area contributed by atoms with Crippen LogP contribution in [0, 0.1) is 5.82 Å². The van der Waals surface area contributed by atoms with E-state index >= 15 is 0 Å². The highest BCUT2D eigenvalue weighted by atomic mass is 32.2. The second kappa shape index (κ2) is 9.23. The van der Waals surface area contributed by atoms with Gasteiger partial charge in [0.25, 0.3) is 15.9 Å². The van der Waals surface area contributed by atoms with E-state index in [9.17, 15) is 22.4 Å². The number of amides is 1. The number of carbonyl (C=O) groups excluding carboxylic acids is 1. The fourth-order valence-corrected chi connectivity index (χ4v) is 3.71. The van der Waals surface area contributed by atoms with Crippen LogP contribution in [0.2, 0.25) is 0 Å².